The number of rotatable bonds is 1. The lowest BCUT2D eigenvalue weighted by Gasteiger charge is -2.32. The van der Waals surface area contributed by atoms with E-state index >= 15 is 0 Å². The maximum Gasteiger partial charge on any atom is 0.272 e. The number of aryl methyl sites for hydroxylation is 1. The Labute approximate surface area is 94.6 Å². The number of hydrogen-bond donors (Lipinski definition) is 1. The van der Waals surface area contributed by atoms with Gasteiger partial charge in [0.05, 0.1) is 0 Å². The summed E-state index contributed by atoms with van der Waals surface area (Å²) in [5.74, 6) is 0.403. The van der Waals surface area contributed by atoms with Crippen molar-refractivity contribution in [2.75, 3.05) is 39.0 Å². The molecule has 1 aromatic heterocycles. The molecule has 2 heterocycles. The fraction of sp³-hybridized carbons (Fsp3) is 0.600. The molecule has 0 aromatic carbocycles. The second-order valence-corrected chi connectivity index (χ2v) is 4.17. The number of aromatic nitrogens is 2. The van der Waals surface area contributed by atoms with Crippen LogP contribution in [0.25, 0.3) is 0 Å². The van der Waals surface area contributed by atoms with Gasteiger partial charge in [-0.2, -0.15) is 5.10 Å². The molecule has 0 atom stereocenters. The zero-order valence-corrected chi connectivity index (χ0v) is 9.68. The van der Waals surface area contributed by atoms with Crippen molar-refractivity contribution in [1.82, 2.24) is 19.6 Å². The van der Waals surface area contributed by atoms with Crippen molar-refractivity contribution in [3.8, 4) is 0 Å². The van der Waals surface area contributed by atoms with Gasteiger partial charge in [0.15, 0.2) is 0 Å². The average molecular weight is 223 g/mol. The second-order valence-electron chi connectivity index (χ2n) is 4.17. The molecule has 16 heavy (non-hydrogen) atoms. The van der Waals surface area contributed by atoms with E-state index in [-0.39, 0.29) is 5.91 Å². The van der Waals surface area contributed by atoms with E-state index < -0.39 is 0 Å². The van der Waals surface area contributed by atoms with Crippen LogP contribution < -0.4 is 5.73 Å². The summed E-state index contributed by atoms with van der Waals surface area (Å²) in [7, 11) is 3.80. The molecule has 0 saturated carbocycles. The predicted octanol–water partition coefficient (Wildman–Crippen LogP) is -0.610. The molecule has 1 fully saturated rings. The largest absolute Gasteiger partial charge is 0.382 e. The number of hydrogen-bond acceptors (Lipinski definition) is 4. The standard InChI is InChI=1S/C10H17N5O/c1-13-3-5-15(6-4-13)10(16)8-7-9(11)12-14(8)2/h7H,3-6H2,1-2H3,(H2,11,12). The highest BCUT2D eigenvalue weighted by Crippen LogP contribution is 2.10. The van der Waals surface area contributed by atoms with Crippen LogP contribution in [0.1, 0.15) is 10.5 Å². The van der Waals surface area contributed by atoms with Crippen molar-refractivity contribution < 1.29 is 4.79 Å². The first kappa shape index (κ1) is 10.9. The first-order chi connectivity index (χ1) is 7.58. The van der Waals surface area contributed by atoms with E-state index in [0.717, 1.165) is 26.2 Å². The monoisotopic (exact) mass is 223 g/mol. The van der Waals surface area contributed by atoms with E-state index in [2.05, 4.69) is 17.0 Å². The summed E-state index contributed by atoms with van der Waals surface area (Å²) >= 11 is 0. The number of anilines is 1. The number of piperazine rings is 1. The quantitative estimate of drug-likeness (QED) is 0.689. The van der Waals surface area contributed by atoms with Crippen LogP contribution in [-0.4, -0.2) is 58.7 Å². The van der Waals surface area contributed by atoms with Crippen molar-refractivity contribution >= 4 is 11.7 Å². The highest BCUT2D eigenvalue weighted by atomic mass is 16.2. The molecule has 1 aliphatic rings. The van der Waals surface area contributed by atoms with Gasteiger partial charge < -0.3 is 15.5 Å². The van der Waals surface area contributed by atoms with Gasteiger partial charge >= 0.3 is 0 Å². The number of nitrogen functional groups attached to an aromatic ring is 1. The smallest absolute Gasteiger partial charge is 0.272 e. The number of nitrogens with zero attached hydrogens (tertiary/aromatic N) is 4. The second kappa shape index (κ2) is 4.13. The van der Waals surface area contributed by atoms with E-state index in [0.29, 0.717) is 11.5 Å². The van der Waals surface area contributed by atoms with Crippen LogP contribution in [0.5, 0.6) is 0 Å². The van der Waals surface area contributed by atoms with Crippen LogP contribution in [-0.2, 0) is 7.05 Å². The van der Waals surface area contributed by atoms with E-state index in [1.54, 1.807) is 13.1 Å². The molecule has 0 unspecified atom stereocenters. The van der Waals surface area contributed by atoms with Gasteiger partial charge in [-0.3, -0.25) is 9.48 Å². The molecule has 2 rings (SSSR count). The van der Waals surface area contributed by atoms with Crippen LogP contribution in [0.3, 0.4) is 0 Å². The highest BCUT2D eigenvalue weighted by molar-refractivity contribution is 5.93. The molecule has 1 aromatic rings. The normalized spacial score (nSPS) is 17.8. The van der Waals surface area contributed by atoms with Crippen LogP contribution in [0.15, 0.2) is 6.07 Å². The third kappa shape index (κ3) is 2.01. The lowest BCUT2D eigenvalue weighted by Crippen LogP contribution is -2.47. The Kier molecular flexibility index (Phi) is 2.82. The summed E-state index contributed by atoms with van der Waals surface area (Å²) in [6.07, 6.45) is 0. The summed E-state index contributed by atoms with van der Waals surface area (Å²) in [5.41, 5.74) is 6.12. The van der Waals surface area contributed by atoms with Gasteiger partial charge in [0, 0.05) is 39.3 Å². The lowest BCUT2D eigenvalue weighted by atomic mass is 10.3. The van der Waals surface area contributed by atoms with Crippen molar-refractivity contribution in [3.05, 3.63) is 11.8 Å². The fourth-order valence-electron chi connectivity index (χ4n) is 1.86. The summed E-state index contributed by atoms with van der Waals surface area (Å²) < 4.78 is 1.54. The third-order valence-corrected chi connectivity index (χ3v) is 2.91. The molecule has 0 aliphatic carbocycles. The predicted molar refractivity (Wildman–Crippen MR) is 61.0 cm³/mol. The number of nitrogens with two attached hydrogens (primary N) is 1. The van der Waals surface area contributed by atoms with Crippen LogP contribution in [0, 0.1) is 0 Å². The highest BCUT2D eigenvalue weighted by Gasteiger charge is 2.22. The molecule has 1 aliphatic heterocycles. The van der Waals surface area contributed by atoms with E-state index in [1.165, 1.54) is 4.68 Å². The van der Waals surface area contributed by atoms with E-state index in [9.17, 15) is 4.79 Å². The molecular weight excluding hydrogens is 206 g/mol. The Hall–Kier alpha value is -1.56. The SMILES string of the molecule is CN1CCN(C(=O)c2cc(N)nn2C)CC1. The third-order valence-electron chi connectivity index (χ3n) is 2.91. The Morgan fingerprint density at radius 2 is 1.94 bits per heavy atom. The number of likely N-dealkylation sites (N-methyl/N-ethyl adjacent to an activating group) is 1. The van der Waals surface area contributed by atoms with Gasteiger partial charge in [-0.1, -0.05) is 0 Å². The average Bonchev–Trinajstić information content (AvgIpc) is 2.58. The molecule has 2 N–H and O–H groups in total. The minimum atomic E-state index is 0.0137. The van der Waals surface area contributed by atoms with E-state index in [4.69, 9.17) is 5.73 Å². The van der Waals surface area contributed by atoms with Crippen LogP contribution >= 0.6 is 0 Å². The molecule has 0 spiro atoms. The Morgan fingerprint density at radius 3 is 2.44 bits per heavy atom. The van der Waals surface area contributed by atoms with E-state index in [1.807, 2.05) is 4.90 Å². The molecule has 0 radical (unpaired) electrons. The van der Waals surface area contributed by atoms with Crippen molar-refractivity contribution in [2.45, 2.75) is 0 Å². The van der Waals surface area contributed by atoms with Gasteiger partial charge in [0.25, 0.3) is 5.91 Å². The van der Waals surface area contributed by atoms with Gasteiger partial charge in [-0.05, 0) is 7.05 Å². The van der Waals surface area contributed by atoms with Gasteiger partial charge in [-0.25, -0.2) is 0 Å². The van der Waals surface area contributed by atoms with Crippen LogP contribution in [0.2, 0.25) is 0 Å². The Bertz CT molecular complexity index is 392. The van der Waals surface area contributed by atoms with Crippen LogP contribution in [0.4, 0.5) is 5.82 Å². The molecule has 1 amide bonds. The Morgan fingerprint density at radius 1 is 1.31 bits per heavy atom. The van der Waals surface area contributed by atoms with Crippen molar-refractivity contribution in [3.63, 3.8) is 0 Å². The minimum absolute atomic E-state index is 0.0137. The number of carbonyl (C=O) groups excluding carboxylic acids is 1. The maximum atomic E-state index is 12.1. The molecule has 1 saturated heterocycles. The van der Waals surface area contributed by atoms with Crippen molar-refractivity contribution in [2.24, 2.45) is 7.05 Å². The first-order valence-corrected chi connectivity index (χ1v) is 5.35. The maximum absolute atomic E-state index is 12.1. The summed E-state index contributed by atoms with van der Waals surface area (Å²) in [6.45, 7) is 3.36. The molecule has 0 bridgehead atoms. The zero-order chi connectivity index (χ0) is 11.7. The molecule has 6 nitrogen and oxygen atoms in total. The molecular formula is C10H17N5O. The van der Waals surface area contributed by atoms with Gasteiger partial charge in [-0.15, -0.1) is 0 Å². The Balaban J connectivity index is 2.10. The number of carbonyl (C=O) groups is 1. The van der Waals surface area contributed by atoms with Gasteiger partial charge in [0.1, 0.15) is 11.5 Å². The van der Waals surface area contributed by atoms with Crippen molar-refractivity contribution in [1.29, 1.82) is 0 Å². The first-order valence-electron chi connectivity index (χ1n) is 5.35. The summed E-state index contributed by atoms with van der Waals surface area (Å²) in [4.78, 5) is 16.2. The summed E-state index contributed by atoms with van der Waals surface area (Å²) in [5, 5.41) is 3.98. The molecule has 6 heteroatoms. The fourth-order valence-corrected chi connectivity index (χ4v) is 1.86. The van der Waals surface area contributed by atoms with Gasteiger partial charge in [0.2, 0.25) is 0 Å². The minimum Gasteiger partial charge on any atom is -0.382 e. The lowest BCUT2D eigenvalue weighted by molar-refractivity contribution is 0.0653. The summed E-state index contributed by atoms with van der Waals surface area (Å²) in [6, 6.07) is 1.63. The molecule has 88 valence electrons. The topological polar surface area (TPSA) is 67.4 Å². The zero-order valence-electron chi connectivity index (χ0n) is 9.68. The number of amides is 1.